The third-order valence-electron chi connectivity index (χ3n) is 6.29. The highest BCUT2D eigenvalue weighted by Gasteiger charge is 2.34. The number of aromatic nitrogens is 4. The fourth-order valence-corrected chi connectivity index (χ4v) is 4.38. The van der Waals surface area contributed by atoms with Gasteiger partial charge >= 0.3 is 0 Å². The molecule has 1 unspecified atom stereocenters. The second-order valence-corrected chi connectivity index (χ2v) is 9.13. The highest BCUT2D eigenvalue weighted by Crippen LogP contribution is 2.36. The Morgan fingerprint density at radius 2 is 1.78 bits per heavy atom. The average molecular weight is 481 g/mol. The summed E-state index contributed by atoms with van der Waals surface area (Å²) in [6.45, 7) is 8.37. The minimum absolute atomic E-state index is 0.218. The van der Waals surface area contributed by atoms with Crippen LogP contribution in [0.25, 0.3) is 0 Å². The van der Waals surface area contributed by atoms with Crippen LogP contribution in [0, 0.1) is 20.8 Å². The van der Waals surface area contributed by atoms with Crippen molar-refractivity contribution in [3.8, 4) is 5.75 Å². The van der Waals surface area contributed by atoms with Crippen LogP contribution in [0.3, 0.4) is 0 Å². The van der Waals surface area contributed by atoms with Crippen LogP contribution in [0.15, 0.2) is 78.0 Å². The molecule has 4 aromatic rings. The molecule has 1 aliphatic rings. The van der Waals surface area contributed by atoms with E-state index in [0.29, 0.717) is 29.6 Å². The van der Waals surface area contributed by atoms with Gasteiger partial charge in [-0.15, -0.1) is 0 Å². The first-order chi connectivity index (χ1) is 17.4. The molecular weight excluding hydrogens is 452 g/mol. The summed E-state index contributed by atoms with van der Waals surface area (Å²) in [4.78, 5) is 13.6. The highest BCUT2D eigenvalue weighted by molar-refractivity contribution is 6.06. The lowest BCUT2D eigenvalue weighted by Crippen LogP contribution is -2.31. The molecule has 0 saturated heterocycles. The first-order valence-corrected chi connectivity index (χ1v) is 11.8. The predicted molar refractivity (Wildman–Crippen MR) is 139 cm³/mol. The third kappa shape index (κ3) is 4.70. The number of allylic oxidation sites excluding steroid dienone is 1. The van der Waals surface area contributed by atoms with Crippen LogP contribution in [0.5, 0.6) is 5.75 Å². The number of fused-ring (bicyclic) bond motifs is 1. The summed E-state index contributed by atoms with van der Waals surface area (Å²) in [6, 6.07) is 21.4. The summed E-state index contributed by atoms with van der Waals surface area (Å²) in [7, 11) is 0. The number of hydrogen-bond acceptors (Lipinski definition) is 6. The van der Waals surface area contributed by atoms with E-state index in [2.05, 4.69) is 57.3 Å². The lowest BCUT2D eigenvalue weighted by atomic mass is 9.94. The number of ether oxygens (including phenoxy) is 1. The van der Waals surface area contributed by atoms with E-state index in [1.54, 1.807) is 4.68 Å². The van der Waals surface area contributed by atoms with Crippen molar-refractivity contribution < 1.29 is 9.53 Å². The normalized spacial score (nSPS) is 14.7. The molecule has 0 saturated carbocycles. The SMILES string of the molecule is CC1=C(C(=O)Nc2ccc(C)cc2C)C(c2cccc(OCc3ccc(C)cc3)c2)n2nnnc2N1. The summed E-state index contributed by atoms with van der Waals surface area (Å²) < 4.78 is 7.71. The van der Waals surface area contributed by atoms with Crippen molar-refractivity contribution in [2.45, 2.75) is 40.3 Å². The quantitative estimate of drug-likeness (QED) is 0.399. The van der Waals surface area contributed by atoms with Gasteiger partial charge in [0.15, 0.2) is 0 Å². The van der Waals surface area contributed by atoms with E-state index in [4.69, 9.17) is 4.74 Å². The van der Waals surface area contributed by atoms with Crippen LogP contribution >= 0.6 is 0 Å². The number of benzene rings is 3. The average Bonchev–Trinajstić information content (AvgIpc) is 3.32. The number of hydrogen-bond donors (Lipinski definition) is 2. The van der Waals surface area contributed by atoms with Gasteiger partial charge in [0.05, 0.1) is 5.57 Å². The number of nitrogens with one attached hydrogen (secondary N) is 2. The monoisotopic (exact) mass is 480 g/mol. The smallest absolute Gasteiger partial charge is 0.255 e. The van der Waals surface area contributed by atoms with E-state index >= 15 is 0 Å². The molecule has 0 spiro atoms. The summed E-state index contributed by atoms with van der Waals surface area (Å²) in [5, 5.41) is 18.3. The molecule has 1 aliphatic heterocycles. The Kier molecular flexibility index (Phi) is 6.25. The van der Waals surface area contributed by atoms with Gasteiger partial charge < -0.3 is 15.4 Å². The Morgan fingerprint density at radius 3 is 2.56 bits per heavy atom. The summed E-state index contributed by atoms with van der Waals surface area (Å²) in [5.41, 5.74) is 7.26. The molecule has 0 bridgehead atoms. The van der Waals surface area contributed by atoms with Crippen LogP contribution < -0.4 is 15.4 Å². The molecule has 0 fully saturated rings. The zero-order valence-corrected chi connectivity index (χ0v) is 20.7. The Labute approximate surface area is 210 Å². The number of anilines is 2. The molecule has 36 heavy (non-hydrogen) atoms. The molecule has 0 radical (unpaired) electrons. The zero-order valence-electron chi connectivity index (χ0n) is 20.7. The van der Waals surface area contributed by atoms with Crippen LogP contribution in [0.2, 0.25) is 0 Å². The van der Waals surface area contributed by atoms with Crippen molar-refractivity contribution >= 4 is 17.5 Å². The van der Waals surface area contributed by atoms with E-state index < -0.39 is 6.04 Å². The van der Waals surface area contributed by atoms with Crippen molar-refractivity contribution in [3.63, 3.8) is 0 Å². The Morgan fingerprint density at radius 1 is 1.00 bits per heavy atom. The highest BCUT2D eigenvalue weighted by atomic mass is 16.5. The van der Waals surface area contributed by atoms with Gasteiger partial charge in [-0.3, -0.25) is 4.79 Å². The van der Waals surface area contributed by atoms with Crippen molar-refractivity contribution in [2.24, 2.45) is 0 Å². The van der Waals surface area contributed by atoms with Crippen LogP contribution in [-0.4, -0.2) is 26.1 Å². The van der Waals surface area contributed by atoms with Gasteiger partial charge in [-0.2, -0.15) is 4.68 Å². The van der Waals surface area contributed by atoms with E-state index in [1.807, 2.05) is 63.2 Å². The molecule has 2 heterocycles. The molecule has 1 amide bonds. The van der Waals surface area contributed by atoms with Gasteiger partial charge in [-0.05, 0) is 73.0 Å². The molecule has 8 heteroatoms. The van der Waals surface area contributed by atoms with E-state index in [-0.39, 0.29) is 5.91 Å². The minimum atomic E-state index is -0.523. The van der Waals surface area contributed by atoms with E-state index in [1.165, 1.54) is 5.56 Å². The molecule has 0 aliphatic carbocycles. The summed E-state index contributed by atoms with van der Waals surface area (Å²) in [6.07, 6.45) is 0. The van der Waals surface area contributed by atoms with Crippen LogP contribution in [-0.2, 0) is 11.4 Å². The van der Waals surface area contributed by atoms with Gasteiger partial charge in [0.2, 0.25) is 5.95 Å². The van der Waals surface area contributed by atoms with Gasteiger partial charge in [-0.1, -0.05) is 64.8 Å². The minimum Gasteiger partial charge on any atom is -0.489 e. The second-order valence-electron chi connectivity index (χ2n) is 9.13. The third-order valence-corrected chi connectivity index (χ3v) is 6.29. The van der Waals surface area contributed by atoms with Gasteiger partial charge in [0, 0.05) is 11.4 Å². The maximum Gasteiger partial charge on any atom is 0.255 e. The number of carbonyl (C=O) groups excluding carboxylic acids is 1. The zero-order chi connectivity index (χ0) is 25.2. The topological polar surface area (TPSA) is 94.0 Å². The molecule has 2 N–H and O–H groups in total. The van der Waals surface area contributed by atoms with Gasteiger partial charge in [0.1, 0.15) is 18.4 Å². The van der Waals surface area contributed by atoms with E-state index in [9.17, 15) is 4.79 Å². The largest absolute Gasteiger partial charge is 0.489 e. The summed E-state index contributed by atoms with van der Waals surface area (Å²) in [5.74, 6) is 0.962. The number of tetrazole rings is 1. The standard InChI is InChI=1S/C28H28N6O2/c1-17-8-11-21(12-9-17)16-36-23-7-5-6-22(15-23)26-25(20(4)29-28-31-32-33-34(26)28)27(35)30-24-13-10-18(2)14-19(24)3/h5-15,26H,16H2,1-4H3,(H,30,35)(H,29,31,33). The fraction of sp³-hybridized carbons (Fsp3) is 0.214. The number of amides is 1. The Hall–Kier alpha value is -4.46. The summed E-state index contributed by atoms with van der Waals surface area (Å²) >= 11 is 0. The molecule has 182 valence electrons. The molecular formula is C28H28N6O2. The van der Waals surface area contributed by atoms with Crippen molar-refractivity contribution in [3.05, 3.63) is 106 Å². The van der Waals surface area contributed by atoms with Gasteiger partial charge in [0.25, 0.3) is 5.91 Å². The second kappa shape index (κ2) is 9.65. The predicted octanol–water partition coefficient (Wildman–Crippen LogP) is 5.10. The first kappa shape index (κ1) is 23.3. The van der Waals surface area contributed by atoms with Crippen LogP contribution in [0.1, 0.15) is 40.8 Å². The maximum atomic E-state index is 13.6. The number of nitrogens with zero attached hydrogens (tertiary/aromatic N) is 4. The van der Waals surface area contributed by atoms with Crippen molar-refractivity contribution in [1.82, 2.24) is 20.2 Å². The number of rotatable bonds is 6. The molecule has 1 aromatic heterocycles. The number of aryl methyl sites for hydroxylation is 3. The lowest BCUT2D eigenvalue weighted by molar-refractivity contribution is -0.113. The molecule has 8 nitrogen and oxygen atoms in total. The molecule has 1 atom stereocenters. The van der Waals surface area contributed by atoms with Crippen molar-refractivity contribution in [1.29, 1.82) is 0 Å². The van der Waals surface area contributed by atoms with Gasteiger partial charge in [-0.25, -0.2) is 0 Å². The Bertz CT molecular complexity index is 1460. The van der Waals surface area contributed by atoms with Crippen LogP contribution in [0.4, 0.5) is 11.6 Å². The maximum absolute atomic E-state index is 13.6. The number of carbonyl (C=O) groups is 1. The lowest BCUT2D eigenvalue weighted by Gasteiger charge is -2.28. The molecule has 5 rings (SSSR count). The van der Waals surface area contributed by atoms with Crippen molar-refractivity contribution in [2.75, 3.05) is 10.6 Å². The van der Waals surface area contributed by atoms with E-state index in [0.717, 1.165) is 27.9 Å². The fourth-order valence-electron chi connectivity index (χ4n) is 4.38. The molecule has 3 aromatic carbocycles. The Balaban J connectivity index is 1.46. The first-order valence-electron chi connectivity index (χ1n) is 11.8.